The Labute approximate surface area is 151 Å². The first kappa shape index (κ1) is 16.6. The average Bonchev–Trinajstić information content (AvgIpc) is 3.08. The van der Waals surface area contributed by atoms with Crippen molar-refractivity contribution < 1.29 is 14.3 Å². The van der Waals surface area contributed by atoms with E-state index in [-0.39, 0.29) is 11.9 Å². The quantitative estimate of drug-likeness (QED) is 0.901. The van der Waals surface area contributed by atoms with Gasteiger partial charge in [-0.25, -0.2) is 0 Å². The predicted octanol–water partition coefficient (Wildman–Crippen LogP) is 2.49. The summed E-state index contributed by atoms with van der Waals surface area (Å²) in [7, 11) is 1.60. The maximum atomic E-state index is 12.8. The number of carbonyl (C=O) groups is 1. The molecule has 2 aliphatic rings. The molecule has 1 aromatic heterocycles. The Morgan fingerprint density at radius 2 is 2.15 bits per heavy atom. The number of para-hydroxylation sites is 1. The number of nitrogens with one attached hydrogen (secondary N) is 1. The first-order chi connectivity index (χ1) is 12.6. The number of nitrogens with zero attached hydrogens (tertiary/aromatic N) is 4. The largest absolute Gasteiger partial charge is 0.493 e. The number of allylic oxidation sites excluding steroid dienone is 2. The number of aromatic nitrogens is 4. The lowest BCUT2D eigenvalue weighted by Gasteiger charge is -2.32. The van der Waals surface area contributed by atoms with Crippen molar-refractivity contribution in [2.24, 2.45) is 0 Å². The third-order valence-corrected chi connectivity index (χ3v) is 4.61. The molecule has 0 unspecified atom stereocenters. The monoisotopic (exact) mass is 355 g/mol. The van der Waals surface area contributed by atoms with E-state index in [4.69, 9.17) is 9.47 Å². The van der Waals surface area contributed by atoms with Gasteiger partial charge in [-0.05, 0) is 43.2 Å². The summed E-state index contributed by atoms with van der Waals surface area (Å²) in [5.41, 5.74) is 2.42. The molecule has 8 nitrogen and oxygen atoms in total. The van der Waals surface area contributed by atoms with E-state index in [0.29, 0.717) is 29.4 Å². The maximum absolute atomic E-state index is 12.8. The van der Waals surface area contributed by atoms with E-state index in [1.807, 2.05) is 32.0 Å². The minimum absolute atomic E-state index is 0.0457. The third kappa shape index (κ3) is 2.61. The Hall–Kier alpha value is -2.90. The summed E-state index contributed by atoms with van der Waals surface area (Å²) in [6.45, 7) is 3.91. The van der Waals surface area contributed by atoms with Crippen LogP contribution in [0.4, 0.5) is 5.95 Å². The van der Waals surface area contributed by atoms with Crippen molar-refractivity contribution in [3.63, 3.8) is 0 Å². The predicted molar refractivity (Wildman–Crippen MR) is 94.2 cm³/mol. The summed E-state index contributed by atoms with van der Waals surface area (Å²) in [4.78, 5) is 12.8. The number of fused-ring (bicyclic) bond motifs is 1. The number of tetrazole rings is 1. The fourth-order valence-corrected chi connectivity index (χ4v) is 3.58. The van der Waals surface area contributed by atoms with Crippen LogP contribution in [0.5, 0.6) is 11.5 Å². The molecule has 2 aromatic rings. The topological polar surface area (TPSA) is 91.2 Å². The first-order valence-corrected chi connectivity index (χ1v) is 8.74. The minimum Gasteiger partial charge on any atom is -0.493 e. The SMILES string of the molecule is COc1cccc([C@@H]2C3=C(CCCC3=O)Nc3nnnn32)c1OC(C)C. The van der Waals surface area contributed by atoms with Crippen LogP contribution in [-0.2, 0) is 4.79 Å². The number of Topliss-reactive ketones (excluding diaryl/α,β-unsaturated/α-hetero) is 1. The van der Waals surface area contributed by atoms with Crippen LogP contribution in [0.1, 0.15) is 44.7 Å². The van der Waals surface area contributed by atoms with Crippen LogP contribution in [0, 0.1) is 0 Å². The molecule has 0 fully saturated rings. The fourth-order valence-electron chi connectivity index (χ4n) is 3.58. The molecule has 136 valence electrons. The van der Waals surface area contributed by atoms with Crippen LogP contribution in [0.15, 0.2) is 29.5 Å². The van der Waals surface area contributed by atoms with Crippen molar-refractivity contribution in [3.8, 4) is 11.5 Å². The summed E-state index contributed by atoms with van der Waals surface area (Å²) >= 11 is 0. The summed E-state index contributed by atoms with van der Waals surface area (Å²) in [5, 5.41) is 15.2. The number of benzene rings is 1. The molecule has 2 heterocycles. The Kier molecular flexibility index (Phi) is 4.10. The van der Waals surface area contributed by atoms with Gasteiger partial charge in [0.1, 0.15) is 6.04 Å². The lowest BCUT2D eigenvalue weighted by atomic mass is 9.85. The normalized spacial score (nSPS) is 19.1. The van der Waals surface area contributed by atoms with E-state index >= 15 is 0 Å². The second kappa shape index (κ2) is 6.44. The smallest absolute Gasteiger partial charge is 0.248 e. The molecule has 0 saturated carbocycles. The molecule has 1 aliphatic heterocycles. The third-order valence-electron chi connectivity index (χ3n) is 4.61. The zero-order chi connectivity index (χ0) is 18.3. The van der Waals surface area contributed by atoms with Gasteiger partial charge in [-0.3, -0.25) is 4.79 Å². The van der Waals surface area contributed by atoms with Gasteiger partial charge in [0.25, 0.3) is 0 Å². The van der Waals surface area contributed by atoms with Gasteiger partial charge < -0.3 is 14.8 Å². The molecule has 1 atom stereocenters. The number of rotatable bonds is 4. The highest BCUT2D eigenvalue weighted by atomic mass is 16.5. The molecule has 0 radical (unpaired) electrons. The zero-order valence-corrected chi connectivity index (χ0v) is 15.0. The van der Waals surface area contributed by atoms with Gasteiger partial charge in [0.2, 0.25) is 5.95 Å². The van der Waals surface area contributed by atoms with Crippen LogP contribution < -0.4 is 14.8 Å². The summed E-state index contributed by atoms with van der Waals surface area (Å²) < 4.78 is 13.2. The van der Waals surface area contributed by atoms with Gasteiger partial charge in [-0.1, -0.05) is 17.2 Å². The zero-order valence-electron chi connectivity index (χ0n) is 15.0. The van der Waals surface area contributed by atoms with Gasteiger partial charge >= 0.3 is 0 Å². The molecule has 1 aromatic carbocycles. The van der Waals surface area contributed by atoms with Crippen LogP contribution in [0.25, 0.3) is 0 Å². The number of carbonyl (C=O) groups excluding carboxylic acids is 1. The molecular formula is C18H21N5O3. The fraction of sp³-hybridized carbons (Fsp3) is 0.444. The first-order valence-electron chi connectivity index (χ1n) is 8.74. The molecule has 0 saturated heterocycles. The molecule has 0 bridgehead atoms. The van der Waals surface area contributed by atoms with E-state index in [9.17, 15) is 4.79 Å². The average molecular weight is 355 g/mol. The second-order valence-corrected chi connectivity index (χ2v) is 6.69. The van der Waals surface area contributed by atoms with Crippen LogP contribution >= 0.6 is 0 Å². The van der Waals surface area contributed by atoms with Crippen LogP contribution in [0.3, 0.4) is 0 Å². The molecular weight excluding hydrogens is 334 g/mol. The maximum Gasteiger partial charge on any atom is 0.248 e. The minimum atomic E-state index is -0.437. The number of methoxy groups -OCH3 is 1. The van der Waals surface area contributed by atoms with Crippen molar-refractivity contribution in [3.05, 3.63) is 35.0 Å². The highest BCUT2D eigenvalue weighted by molar-refractivity contribution is 5.99. The lowest BCUT2D eigenvalue weighted by molar-refractivity contribution is -0.116. The number of anilines is 1. The number of hydrogen-bond donors (Lipinski definition) is 1. The van der Waals surface area contributed by atoms with Gasteiger partial charge in [0.05, 0.1) is 13.2 Å². The molecule has 8 heteroatoms. The van der Waals surface area contributed by atoms with Crippen LogP contribution in [0.2, 0.25) is 0 Å². The van der Waals surface area contributed by atoms with Crippen molar-refractivity contribution in [1.29, 1.82) is 0 Å². The number of hydrogen-bond acceptors (Lipinski definition) is 7. The Morgan fingerprint density at radius 3 is 2.92 bits per heavy atom. The molecule has 1 N–H and O–H groups in total. The van der Waals surface area contributed by atoms with Crippen LogP contribution in [-0.4, -0.2) is 39.2 Å². The Bertz CT molecular complexity index is 887. The van der Waals surface area contributed by atoms with Crippen molar-refractivity contribution >= 4 is 11.7 Å². The summed E-state index contributed by atoms with van der Waals surface area (Å²) in [6, 6.07) is 5.24. The van der Waals surface area contributed by atoms with E-state index in [0.717, 1.165) is 24.1 Å². The highest BCUT2D eigenvalue weighted by Crippen LogP contribution is 2.45. The summed E-state index contributed by atoms with van der Waals surface area (Å²) in [6.07, 6.45) is 2.11. The molecule has 26 heavy (non-hydrogen) atoms. The van der Waals surface area contributed by atoms with Gasteiger partial charge in [-0.2, -0.15) is 4.68 Å². The second-order valence-electron chi connectivity index (χ2n) is 6.69. The van der Waals surface area contributed by atoms with Gasteiger partial charge in [-0.15, -0.1) is 0 Å². The molecule has 0 spiro atoms. The lowest BCUT2D eigenvalue weighted by Crippen LogP contribution is -2.32. The molecule has 4 rings (SSSR count). The van der Waals surface area contributed by atoms with E-state index in [1.54, 1.807) is 11.8 Å². The highest BCUT2D eigenvalue weighted by Gasteiger charge is 2.38. The van der Waals surface area contributed by atoms with Gasteiger partial charge in [0, 0.05) is 23.3 Å². The summed E-state index contributed by atoms with van der Waals surface area (Å²) in [5.74, 6) is 1.88. The van der Waals surface area contributed by atoms with Crippen molar-refractivity contribution in [2.45, 2.75) is 45.3 Å². The number of ether oxygens (including phenoxy) is 2. The van der Waals surface area contributed by atoms with E-state index in [2.05, 4.69) is 20.8 Å². The van der Waals surface area contributed by atoms with Crippen molar-refractivity contribution in [1.82, 2.24) is 20.2 Å². The van der Waals surface area contributed by atoms with Crippen molar-refractivity contribution in [2.75, 3.05) is 12.4 Å². The Balaban J connectivity index is 1.94. The van der Waals surface area contributed by atoms with E-state index < -0.39 is 6.04 Å². The standard InChI is InChI=1S/C18H21N5O3/c1-10(2)26-17-11(6-4-9-14(17)25-3)16-15-12(7-5-8-13(15)24)19-18-20-21-22-23(16)18/h4,6,9-10,16H,5,7-8H2,1-3H3,(H,19,20,22)/t16-/m1/s1. The van der Waals surface area contributed by atoms with Gasteiger partial charge in [0.15, 0.2) is 17.3 Å². The van der Waals surface area contributed by atoms with E-state index in [1.165, 1.54) is 0 Å². The number of ketones is 1. The molecule has 0 amide bonds. The molecule has 1 aliphatic carbocycles. The Morgan fingerprint density at radius 1 is 1.31 bits per heavy atom.